The molecule has 2 rings (SSSR count). The molecule has 1 saturated heterocycles. The van der Waals surface area contributed by atoms with E-state index in [9.17, 15) is 13.2 Å². The van der Waals surface area contributed by atoms with Crippen LogP contribution in [-0.4, -0.2) is 49.4 Å². The summed E-state index contributed by atoms with van der Waals surface area (Å²) in [5.74, 6) is 0.417. The van der Waals surface area contributed by atoms with Crippen LogP contribution in [0, 0.1) is 13.8 Å². The third-order valence-electron chi connectivity index (χ3n) is 3.79. The molecule has 1 fully saturated rings. The molecule has 0 spiro atoms. The zero-order valence-corrected chi connectivity index (χ0v) is 16.8. The molecule has 0 aromatic heterocycles. The molecule has 0 radical (unpaired) electrons. The first-order valence-corrected chi connectivity index (χ1v) is 10.8. The second kappa shape index (κ2) is 7.83. The van der Waals surface area contributed by atoms with E-state index in [2.05, 4.69) is 0 Å². The molecular formula is C15H19Cl2NO4S2. The number of sulfonamides is 1. The highest BCUT2D eigenvalue weighted by atomic mass is 35.5. The number of rotatable bonds is 4. The molecule has 1 aliphatic heterocycles. The summed E-state index contributed by atoms with van der Waals surface area (Å²) in [6, 6.07) is 0.774. The molecule has 0 unspecified atom stereocenters. The van der Waals surface area contributed by atoms with E-state index in [0.29, 0.717) is 27.7 Å². The number of ether oxygens (including phenoxy) is 1. The minimum atomic E-state index is -3.98. The number of aryl methyl sites for hydroxylation is 1. The summed E-state index contributed by atoms with van der Waals surface area (Å²) in [6.45, 7) is 5.41. The van der Waals surface area contributed by atoms with Gasteiger partial charge in [0.1, 0.15) is 10.9 Å². The second-order valence-electron chi connectivity index (χ2n) is 5.40. The van der Waals surface area contributed by atoms with Gasteiger partial charge in [0, 0.05) is 23.1 Å². The van der Waals surface area contributed by atoms with Crippen molar-refractivity contribution in [1.82, 2.24) is 4.31 Å². The van der Waals surface area contributed by atoms with Crippen molar-refractivity contribution in [3.8, 4) is 0 Å². The highest BCUT2D eigenvalue weighted by Crippen LogP contribution is 2.36. The number of hydrogen-bond acceptors (Lipinski definition) is 5. The van der Waals surface area contributed by atoms with Gasteiger partial charge in [-0.15, -0.1) is 0 Å². The Morgan fingerprint density at radius 3 is 2.71 bits per heavy atom. The van der Waals surface area contributed by atoms with E-state index in [1.807, 2.05) is 0 Å². The van der Waals surface area contributed by atoms with Gasteiger partial charge in [0.05, 0.1) is 11.6 Å². The summed E-state index contributed by atoms with van der Waals surface area (Å²) in [7, 11) is -3.98. The zero-order valence-electron chi connectivity index (χ0n) is 13.6. The lowest BCUT2D eigenvalue weighted by Crippen LogP contribution is -2.51. The molecule has 0 amide bonds. The number of nitrogens with zero attached hydrogens (tertiary/aromatic N) is 1. The Balaban J connectivity index is 2.55. The molecule has 0 saturated carbocycles. The maximum atomic E-state index is 13.2. The molecular weight excluding hydrogens is 393 g/mol. The zero-order chi connectivity index (χ0) is 18.1. The molecule has 0 aliphatic carbocycles. The lowest BCUT2D eigenvalue weighted by atomic mass is 10.2. The van der Waals surface area contributed by atoms with E-state index in [-0.39, 0.29) is 23.1 Å². The van der Waals surface area contributed by atoms with Gasteiger partial charge in [0.15, 0.2) is 0 Å². The summed E-state index contributed by atoms with van der Waals surface area (Å²) >= 11 is 13.9. The molecule has 1 aromatic carbocycles. The first kappa shape index (κ1) is 19.8. The topological polar surface area (TPSA) is 63.7 Å². The fourth-order valence-corrected chi connectivity index (χ4v) is 6.53. The Labute approximate surface area is 156 Å². The van der Waals surface area contributed by atoms with Crippen molar-refractivity contribution in [2.75, 3.05) is 24.7 Å². The largest absolute Gasteiger partial charge is 0.465 e. The number of halogens is 2. The predicted octanol–water partition coefficient (Wildman–Crippen LogP) is 3.28. The molecule has 0 N–H and O–H groups in total. The van der Waals surface area contributed by atoms with Crippen molar-refractivity contribution in [1.29, 1.82) is 0 Å². The molecule has 9 heteroatoms. The van der Waals surface area contributed by atoms with Crippen LogP contribution in [-0.2, 0) is 19.6 Å². The summed E-state index contributed by atoms with van der Waals surface area (Å²) in [6.07, 6.45) is 0. The SMILES string of the molecule is CCOC(=O)[C@H]1CSCCN1S(=O)(=O)c1c(C)c(Cl)cc(C)c1Cl. The van der Waals surface area contributed by atoms with Crippen LogP contribution in [0.5, 0.6) is 0 Å². The van der Waals surface area contributed by atoms with E-state index < -0.39 is 22.0 Å². The van der Waals surface area contributed by atoms with E-state index in [4.69, 9.17) is 27.9 Å². The van der Waals surface area contributed by atoms with Crippen LogP contribution in [0.15, 0.2) is 11.0 Å². The van der Waals surface area contributed by atoms with Gasteiger partial charge >= 0.3 is 5.97 Å². The predicted molar refractivity (Wildman–Crippen MR) is 97.6 cm³/mol. The lowest BCUT2D eigenvalue weighted by molar-refractivity contribution is -0.146. The van der Waals surface area contributed by atoms with Crippen molar-refractivity contribution in [2.24, 2.45) is 0 Å². The van der Waals surface area contributed by atoms with E-state index in [1.54, 1.807) is 26.8 Å². The van der Waals surface area contributed by atoms with Crippen LogP contribution in [0.4, 0.5) is 0 Å². The summed E-state index contributed by atoms with van der Waals surface area (Å²) in [5.41, 5.74) is 0.956. The standard InChI is InChI=1S/C15H19Cl2NO4S2/c1-4-22-15(19)12-8-23-6-5-18(12)24(20,21)14-10(3)11(16)7-9(2)13(14)17/h7,12H,4-6,8H2,1-3H3/t12-/m1/s1. The van der Waals surface area contributed by atoms with Gasteiger partial charge in [-0.3, -0.25) is 4.79 Å². The van der Waals surface area contributed by atoms with Crippen LogP contribution in [0.25, 0.3) is 0 Å². The Bertz CT molecular complexity index is 726. The highest BCUT2D eigenvalue weighted by molar-refractivity contribution is 7.99. The van der Waals surface area contributed by atoms with Crippen molar-refractivity contribution in [2.45, 2.75) is 31.7 Å². The van der Waals surface area contributed by atoms with Crippen molar-refractivity contribution >= 4 is 51.0 Å². The van der Waals surface area contributed by atoms with Crippen molar-refractivity contribution in [3.05, 3.63) is 27.2 Å². The van der Waals surface area contributed by atoms with Gasteiger partial charge in [0.2, 0.25) is 10.0 Å². The smallest absolute Gasteiger partial charge is 0.325 e. The molecule has 0 bridgehead atoms. The number of esters is 1. The first-order valence-electron chi connectivity index (χ1n) is 7.43. The van der Waals surface area contributed by atoms with Gasteiger partial charge in [0.25, 0.3) is 0 Å². The molecule has 1 heterocycles. The molecule has 1 atom stereocenters. The van der Waals surface area contributed by atoms with Crippen LogP contribution in [0.3, 0.4) is 0 Å². The monoisotopic (exact) mass is 411 g/mol. The number of carbonyl (C=O) groups excluding carboxylic acids is 1. The minimum Gasteiger partial charge on any atom is -0.465 e. The summed E-state index contributed by atoms with van der Waals surface area (Å²) in [4.78, 5) is 12.2. The van der Waals surface area contributed by atoms with Crippen molar-refractivity contribution < 1.29 is 17.9 Å². The van der Waals surface area contributed by atoms with Crippen LogP contribution in [0.1, 0.15) is 18.1 Å². The van der Waals surface area contributed by atoms with E-state index in [1.165, 1.54) is 16.1 Å². The number of benzene rings is 1. The Morgan fingerprint density at radius 2 is 2.08 bits per heavy atom. The normalized spacial score (nSPS) is 19.3. The number of hydrogen-bond donors (Lipinski definition) is 0. The van der Waals surface area contributed by atoms with Crippen LogP contribution in [0.2, 0.25) is 10.0 Å². The van der Waals surface area contributed by atoms with Crippen LogP contribution < -0.4 is 0 Å². The molecule has 24 heavy (non-hydrogen) atoms. The minimum absolute atomic E-state index is 0.0321. The van der Waals surface area contributed by atoms with Gasteiger partial charge in [-0.2, -0.15) is 16.1 Å². The molecule has 134 valence electrons. The van der Waals surface area contributed by atoms with Gasteiger partial charge in [-0.25, -0.2) is 8.42 Å². The van der Waals surface area contributed by atoms with Crippen molar-refractivity contribution in [3.63, 3.8) is 0 Å². The third-order valence-corrected chi connectivity index (χ3v) is 7.89. The summed E-state index contributed by atoms with van der Waals surface area (Å²) < 4.78 is 32.7. The van der Waals surface area contributed by atoms with Gasteiger partial charge < -0.3 is 4.74 Å². The average molecular weight is 412 g/mol. The first-order chi connectivity index (χ1) is 11.2. The van der Waals surface area contributed by atoms with Gasteiger partial charge in [-0.05, 0) is 38.0 Å². The number of thioether (sulfide) groups is 1. The Kier molecular flexibility index (Phi) is 6.47. The summed E-state index contributed by atoms with van der Waals surface area (Å²) in [5, 5.41) is 0.465. The van der Waals surface area contributed by atoms with Crippen LogP contribution >= 0.6 is 35.0 Å². The molecule has 1 aliphatic rings. The maximum Gasteiger partial charge on any atom is 0.325 e. The second-order valence-corrected chi connectivity index (χ2v) is 9.16. The fourth-order valence-electron chi connectivity index (χ4n) is 2.54. The lowest BCUT2D eigenvalue weighted by Gasteiger charge is -2.33. The maximum absolute atomic E-state index is 13.2. The molecule has 1 aromatic rings. The average Bonchev–Trinajstić information content (AvgIpc) is 2.53. The third kappa shape index (κ3) is 3.70. The highest BCUT2D eigenvalue weighted by Gasteiger charge is 2.40. The van der Waals surface area contributed by atoms with Gasteiger partial charge in [-0.1, -0.05) is 23.2 Å². The number of carbonyl (C=O) groups is 1. The molecule has 5 nitrogen and oxygen atoms in total. The fraction of sp³-hybridized carbons (Fsp3) is 0.533. The Morgan fingerprint density at radius 1 is 1.42 bits per heavy atom. The van der Waals surface area contributed by atoms with E-state index >= 15 is 0 Å². The quantitative estimate of drug-likeness (QED) is 0.711. The Hall–Kier alpha value is -0.470. The van der Waals surface area contributed by atoms with E-state index in [0.717, 1.165) is 0 Å².